The van der Waals surface area contributed by atoms with E-state index in [1.54, 1.807) is 0 Å². The Morgan fingerprint density at radius 2 is 1.89 bits per heavy atom. The Hall–Kier alpha value is -0.830. The van der Waals surface area contributed by atoms with Crippen LogP contribution in [0.3, 0.4) is 0 Å². The van der Waals surface area contributed by atoms with Crippen LogP contribution in [0, 0.1) is 5.41 Å². The molecule has 0 radical (unpaired) electrons. The Morgan fingerprint density at radius 1 is 1.22 bits per heavy atom. The van der Waals surface area contributed by atoms with E-state index in [1.165, 1.54) is 57.2 Å². The quantitative estimate of drug-likeness (QED) is 0.891. The van der Waals surface area contributed by atoms with Crippen molar-refractivity contribution in [3.05, 3.63) is 18.2 Å². The van der Waals surface area contributed by atoms with E-state index in [-0.39, 0.29) is 0 Å². The summed E-state index contributed by atoms with van der Waals surface area (Å²) in [6, 6.07) is 0. The average molecular weight is 249 g/mol. The Morgan fingerprint density at radius 3 is 2.44 bits per heavy atom. The standard InChI is InChI=1S/C15H27N3/c1-18-12-11-17-14(18)7-10-15(13-16)8-5-3-2-4-6-9-15/h11-12H,2-10,13,16H2,1H3. The minimum Gasteiger partial charge on any atom is -0.338 e. The molecule has 0 bridgehead atoms. The van der Waals surface area contributed by atoms with E-state index >= 15 is 0 Å². The van der Waals surface area contributed by atoms with Crippen molar-refractivity contribution in [1.29, 1.82) is 0 Å². The van der Waals surface area contributed by atoms with E-state index in [1.807, 2.05) is 12.4 Å². The molecule has 0 aromatic carbocycles. The van der Waals surface area contributed by atoms with Crippen LogP contribution in [0.4, 0.5) is 0 Å². The maximum Gasteiger partial charge on any atom is 0.108 e. The highest BCUT2D eigenvalue weighted by Gasteiger charge is 2.28. The lowest BCUT2D eigenvalue weighted by molar-refractivity contribution is 0.200. The largest absolute Gasteiger partial charge is 0.338 e. The van der Waals surface area contributed by atoms with Crippen LogP contribution in [0.2, 0.25) is 0 Å². The van der Waals surface area contributed by atoms with Gasteiger partial charge in [0.2, 0.25) is 0 Å². The Bertz CT molecular complexity index is 348. The molecule has 2 rings (SSSR count). The summed E-state index contributed by atoms with van der Waals surface area (Å²) in [7, 11) is 2.08. The number of hydrogen-bond donors (Lipinski definition) is 1. The molecule has 3 heteroatoms. The Kier molecular flexibility index (Phi) is 4.81. The number of nitrogens with zero attached hydrogens (tertiary/aromatic N) is 2. The van der Waals surface area contributed by atoms with Gasteiger partial charge in [0.1, 0.15) is 5.82 Å². The number of rotatable bonds is 4. The van der Waals surface area contributed by atoms with Gasteiger partial charge in [0.25, 0.3) is 0 Å². The van der Waals surface area contributed by atoms with Crippen molar-refractivity contribution in [2.75, 3.05) is 6.54 Å². The molecule has 1 heterocycles. The molecule has 2 N–H and O–H groups in total. The van der Waals surface area contributed by atoms with Crippen molar-refractivity contribution in [3.8, 4) is 0 Å². The maximum atomic E-state index is 6.11. The second-order valence-electron chi connectivity index (χ2n) is 5.93. The van der Waals surface area contributed by atoms with Crippen molar-refractivity contribution in [3.63, 3.8) is 0 Å². The molecule has 1 aliphatic rings. The van der Waals surface area contributed by atoms with Gasteiger partial charge in [0, 0.05) is 25.9 Å². The summed E-state index contributed by atoms with van der Waals surface area (Å²) in [5, 5.41) is 0. The third kappa shape index (κ3) is 3.35. The Labute approximate surface area is 111 Å². The zero-order valence-corrected chi connectivity index (χ0v) is 11.7. The zero-order chi connectivity index (χ0) is 12.8. The van der Waals surface area contributed by atoms with Crippen molar-refractivity contribution < 1.29 is 0 Å². The average Bonchev–Trinajstić information content (AvgIpc) is 2.75. The van der Waals surface area contributed by atoms with Gasteiger partial charge < -0.3 is 10.3 Å². The molecule has 0 saturated heterocycles. The van der Waals surface area contributed by atoms with Crippen molar-refractivity contribution >= 4 is 0 Å². The van der Waals surface area contributed by atoms with Crippen LogP contribution in [0.5, 0.6) is 0 Å². The van der Waals surface area contributed by atoms with Crippen LogP contribution < -0.4 is 5.73 Å². The van der Waals surface area contributed by atoms with Gasteiger partial charge in [-0.05, 0) is 31.2 Å². The van der Waals surface area contributed by atoms with E-state index in [9.17, 15) is 0 Å². The van der Waals surface area contributed by atoms with Crippen molar-refractivity contribution in [1.82, 2.24) is 9.55 Å². The second-order valence-corrected chi connectivity index (χ2v) is 5.93. The molecule has 1 fully saturated rings. The predicted molar refractivity (Wildman–Crippen MR) is 75.3 cm³/mol. The molecule has 3 nitrogen and oxygen atoms in total. The topological polar surface area (TPSA) is 43.8 Å². The molecule has 1 aromatic heterocycles. The van der Waals surface area contributed by atoms with E-state index in [0.29, 0.717) is 5.41 Å². The predicted octanol–water partition coefficient (Wildman–Crippen LogP) is 3.04. The smallest absolute Gasteiger partial charge is 0.108 e. The summed E-state index contributed by atoms with van der Waals surface area (Å²) in [4.78, 5) is 4.43. The lowest BCUT2D eigenvalue weighted by Gasteiger charge is -2.34. The number of aromatic nitrogens is 2. The van der Waals surface area contributed by atoms with Gasteiger partial charge >= 0.3 is 0 Å². The summed E-state index contributed by atoms with van der Waals surface area (Å²) in [6.45, 7) is 0.845. The van der Waals surface area contributed by atoms with Gasteiger partial charge in [-0.25, -0.2) is 4.98 Å². The summed E-state index contributed by atoms with van der Waals surface area (Å²) in [5.41, 5.74) is 6.49. The van der Waals surface area contributed by atoms with Crippen LogP contribution in [-0.4, -0.2) is 16.1 Å². The molecular weight excluding hydrogens is 222 g/mol. The molecule has 0 amide bonds. The van der Waals surface area contributed by atoms with Crippen molar-refractivity contribution in [2.24, 2.45) is 18.2 Å². The number of hydrogen-bond acceptors (Lipinski definition) is 2. The van der Waals surface area contributed by atoms with Gasteiger partial charge in [0.05, 0.1) is 0 Å². The summed E-state index contributed by atoms with van der Waals surface area (Å²) >= 11 is 0. The second kappa shape index (κ2) is 6.37. The minimum absolute atomic E-state index is 0.381. The fraction of sp³-hybridized carbons (Fsp3) is 0.800. The molecular formula is C15H27N3. The molecule has 18 heavy (non-hydrogen) atoms. The highest BCUT2D eigenvalue weighted by Crippen LogP contribution is 2.37. The fourth-order valence-electron chi connectivity index (χ4n) is 3.23. The first-order chi connectivity index (χ1) is 8.76. The van der Waals surface area contributed by atoms with Gasteiger partial charge in [-0.3, -0.25) is 0 Å². The van der Waals surface area contributed by atoms with Crippen LogP contribution >= 0.6 is 0 Å². The monoisotopic (exact) mass is 249 g/mol. The van der Waals surface area contributed by atoms with Gasteiger partial charge in [-0.15, -0.1) is 0 Å². The molecule has 0 atom stereocenters. The molecule has 0 spiro atoms. The first-order valence-electron chi connectivity index (χ1n) is 7.42. The van der Waals surface area contributed by atoms with Gasteiger partial charge in [-0.2, -0.15) is 0 Å². The molecule has 1 aromatic rings. The highest BCUT2D eigenvalue weighted by atomic mass is 15.0. The first kappa shape index (κ1) is 13.6. The number of imidazole rings is 1. The first-order valence-corrected chi connectivity index (χ1v) is 7.42. The molecule has 0 aliphatic heterocycles. The van der Waals surface area contributed by atoms with Gasteiger partial charge in [-0.1, -0.05) is 32.1 Å². The van der Waals surface area contributed by atoms with E-state index in [4.69, 9.17) is 5.73 Å². The van der Waals surface area contributed by atoms with Gasteiger partial charge in [0.15, 0.2) is 0 Å². The maximum absolute atomic E-state index is 6.11. The van der Waals surface area contributed by atoms with E-state index < -0.39 is 0 Å². The highest BCUT2D eigenvalue weighted by molar-refractivity contribution is 4.94. The normalized spacial score (nSPS) is 20.3. The summed E-state index contributed by atoms with van der Waals surface area (Å²) in [5.74, 6) is 1.20. The summed E-state index contributed by atoms with van der Waals surface area (Å²) < 4.78 is 2.13. The molecule has 1 aliphatic carbocycles. The van der Waals surface area contributed by atoms with E-state index in [0.717, 1.165) is 13.0 Å². The molecule has 102 valence electrons. The SMILES string of the molecule is Cn1ccnc1CCC1(CN)CCCCCCC1. The Balaban J connectivity index is 1.95. The summed E-state index contributed by atoms with van der Waals surface area (Å²) in [6.07, 6.45) is 15.7. The third-order valence-electron chi connectivity index (χ3n) is 4.65. The van der Waals surface area contributed by atoms with E-state index in [2.05, 4.69) is 16.6 Å². The number of nitrogens with two attached hydrogens (primary N) is 1. The number of aryl methyl sites for hydroxylation is 2. The van der Waals surface area contributed by atoms with Crippen LogP contribution in [-0.2, 0) is 13.5 Å². The van der Waals surface area contributed by atoms with Crippen molar-refractivity contribution in [2.45, 2.75) is 57.8 Å². The third-order valence-corrected chi connectivity index (χ3v) is 4.65. The molecule has 0 unspecified atom stereocenters. The van der Waals surface area contributed by atoms with Crippen LogP contribution in [0.15, 0.2) is 12.4 Å². The minimum atomic E-state index is 0.381. The lowest BCUT2D eigenvalue weighted by Crippen LogP contribution is -2.32. The molecule has 1 saturated carbocycles. The lowest BCUT2D eigenvalue weighted by atomic mass is 9.73. The van der Waals surface area contributed by atoms with Crippen LogP contribution in [0.1, 0.15) is 57.2 Å². The zero-order valence-electron chi connectivity index (χ0n) is 11.7. The fourth-order valence-corrected chi connectivity index (χ4v) is 3.23. The van der Waals surface area contributed by atoms with Crippen LogP contribution in [0.25, 0.3) is 0 Å².